The topological polar surface area (TPSA) is 123 Å². The molecule has 0 aromatic carbocycles. The van der Waals surface area contributed by atoms with Crippen molar-refractivity contribution < 1.29 is 9.53 Å². The van der Waals surface area contributed by atoms with Crippen LogP contribution in [0.4, 0.5) is 11.5 Å². The lowest BCUT2D eigenvalue weighted by atomic mass is 10.2. The van der Waals surface area contributed by atoms with Crippen molar-refractivity contribution in [3.63, 3.8) is 0 Å². The molecule has 2 aromatic rings. The van der Waals surface area contributed by atoms with Gasteiger partial charge in [0.15, 0.2) is 5.69 Å². The molecule has 9 nitrogen and oxygen atoms in total. The van der Waals surface area contributed by atoms with Crippen LogP contribution in [0.15, 0.2) is 27.9 Å². The smallest absolute Gasteiger partial charge is 0.330 e. The maximum absolute atomic E-state index is 13.4. The van der Waals surface area contributed by atoms with Gasteiger partial charge in [0.05, 0.1) is 6.61 Å². The van der Waals surface area contributed by atoms with E-state index < -0.39 is 17.2 Å². The van der Waals surface area contributed by atoms with Crippen molar-refractivity contribution in [3.05, 3.63) is 44.7 Å². The molecule has 2 heterocycles. The molecule has 2 aromatic heterocycles. The molecule has 158 valence electrons. The molecule has 29 heavy (non-hydrogen) atoms. The highest BCUT2D eigenvalue weighted by Crippen LogP contribution is 2.24. The molecule has 0 aliphatic carbocycles. The predicted molar refractivity (Wildman–Crippen MR) is 113 cm³/mol. The Bertz CT molecular complexity index is 964. The monoisotopic (exact) mass is 403 g/mol. The molecule has 0 bridgehead atoms. The second-order valence-electron chi connectivity index (χ2n) is 7.10. The van der Waals surface area contributed by atoms with Gasteiger partial charge in [-0.05, 0) is 31.4 Å². The van der Waals surface area contributed by atoms with Crippen LogP contribution in [0.2, 0.25) is 0 Å². The number of rotatable bonds is 9. The number of nitrogens with two attached hydrogens (primary N) is 1. The van der Waals surface area contributed by atoms with Gasteiger partial charge in [-0.2, -0.15) is 0 Å². The first-order chi connectivity index (χ1) is 13.8. The molecule has 0 unspecified atom stereocenters. The van der Waals surface area contributed by atoms with Crippen LogP contribution in [-0.4, -0.2) is 33.6 Å². The second-order valence-corrected chi connectivity index (χ2v) is 7.10. The molecule has 9 heteroatoms. The Hall–Kier alpha value is -3.10. The third-order valence-corrected chi connectivity index (χ3v) is 4.29. The number of ether oxygens (including phenoxy) is 1. The minimum atomic E-state index is -0.696. The van der Waals surface area contributed by atoms with Gasteiger partial charge >= 0.3 is 5.69 Å². The van der Waals surface area contributed by atoms with Crippen molar-refractivity contribution in [2.45, 2.75) is 47.1 Å². The lowest BCUT2D eigenvalue weighted by Crippen LogP contribution is -2.42. The number of amides is 1. The Morgan fingerprint density at radius 3 is 2.69 bits per heavy atom. The molecular weight excluding hydrogens is 374 g/mol. The van der Waals surface area contributed by atoms with E-state index in [1.165, 1.54) is 15.7 Å². The molecule has 0 fully saturated rings. The normalized spacial score (nSPS) is 10.9. The third-order valence-electron chi connectivity index (χ3n) is 4.29. The molecule has 0 saturated heterocycles. The number of nitrogens with one attached hydrogen (secondary N) is 1. The standard InChI is InChI=1S/C20H29N5O4/c1-5-7-11-24(19(27)14-9-8-10-22-18(14)29-6-2)15-16(21)25(12-13(3)4)20(28)23-17(15)26/h8-10,13H,5-7,11-12,21H2,1-4H3,(H,23,26,28). The first-order valence-corrected chi connectivity index (χ1v) is 9.84. The third kappa shape index (κ3) is 5.04. The zero-order valence-electron chi connectivity index (χ0n) is 17.4. The molecule has 0 aliphatic rings. The van der Waals surface area contributed by atoms with E-state index >= 15 is 0 Å². The maximum atomic E-state index is 13.4. The number of hydrogen-bond acceptors (Lipinski definition) is 6. The van der Waals surface area contributed by atoms with Crippen LogP contribution in [0, 0.1) is 5.92 Å². The van der Waals surface area contributed by atoms with E-state index in [1.807, 2.05) is 20.8 Å². The Kier molecular flexibility index (Phi) is 7.58. The van der Waals surface area contributed by atoms with Gasteiger partial charge in [-0.1, -0.05) is 27.2 Å². The number of aromatic amines is 1. The molecular formula is C20H29N5O4. The summed E-state index contributed by atoms with van der Waals surface area (Å²) in [4.78, 5) is 46.0. The zero-order chi connectivity index (χ0) is 21.6. The lowest BCUT2D eigenvalue weighted by molar-refractivity contribution is 0.0981. The Labute approximate surface area is 169 Å². The van der Waals surface area contributed by atoms with Gasteiger partial charge in [0.25, 0.3) is 11.5 Å². The first-order valence-electron chi connectivity index (χ1n) is 9.84. The van der Waals surface area contributed by atoms with Crippen molar-refractivity contribution in [1.29, 1.82) is 0 Å². The number of anilines is 2. The molecule has 2 rings (SSSR count). The summed E-state index contributed by atoms with van der Waals surface area (Å²) >= 11 is 0. The largest absolute Gasteiger partial charge is 0.477 e. The summed E-state index contributed by atoms with van der Waals surface area (Å²) in [5, 5.41) is 0. The van der Waals surface area contributed by atoms with Gasteiger partial charge in [-0.25, -0.2) is 9.78 Å². The highest BCUT2D eigenvalue weighted by Gasteiger charge is 2.27. The molecule has 0 atom stereocenters. The van der Waals surface area contributed by atoms with E-state index in [-0.39, 0.29) is 35.4 Å². The van der Waals surface area contributed by atoms with Gasteiger partial charge in [-0.15, -0.1) is 0 Å². The van der Waals surface area contributed by atoms with Gasteiger partial charge in [0, 0.05) is 19.3 Å². The average Bonchev–Trinajstić information content (AvgIpc) is 2.67. The van der Waals surface area contributed by atoms with E-state index in [2.05, 4.69) is 9.97 Å². The minimum Gasteiger partial charge on any atom is -0.477 e. The summed E-state index contributed by atoms with van der Waals surface area (Å²) < 4.78 is 6.77. The van der Waals surface area contributed by atoms with Crippen molar-refractivity contribution in [2.75, 3.05) is 23.8 Å². The van der Waals surface area contributed by atoms with Crippen LogP contribution in [-0.2, 0) is 6.54 Å². The number of carbonyl (C=O) groups excluding carboxylic acids is 1. The van der Waals surface area contributed by atoms with Gasteiger partial charge in [0.2, 0.25) is 5.88 Å². The fourth-order valence-corrected chi connectivity index (χ4v) is 2.97. The Morgan fingerprint density at radius 1 is 1.34 bits per heavy atom. The van der Waals surface area contributed by atoms with Gasteiger partial charge < -0.3 is 15.4 Å². The molecule has 1 amide bonds. The summed E-state index contributed by atoms with van der Waals surface area (Å²) in [5.74, 6) is -0.177. The molecule has 0 spiro atoms. The van der Waals surface area contributed by atoms with Gasteiger partial charge in [0.1, 0.15) is 11.4 Å². The number of carbonyl (C=O) groups is 1. The number of aromatic nitrogens is 3. The second kappa shape index (κ2) is 9.90. The van der Waals surface area contributed by atoms with Crippen LogP contribution in [0.3, 0.4) is 0 Å². The fourth-order valence-electron chi connectivity index (χ4n) is 2.97. The van der Waals surface area contributed by atoms with Crippen LogP contribution in [0.25, 0.3) is 0 Å². The first kappa shape index (κ1) is 22.2. The van der Waals surface area contributed by atoms with E-state index in [9.17, 15) is 14.4 Å². The zero-order valence-corrected chi connectivity index (χ0v) is 17.4. The van der Waals surface area contributed by atoms with E-state index in [0.717, 1.165) is 6.42 Å². The van der Waals surface area contributed by atoms with E-state index in [0.29, 0.717) is 19.6 Å². The van der Waals surface area contributed by atoms with Crippen LogP contribution in [0.1, 0.15) is 50.9 Å². The number of hydrogen-bond donors (Lipinski definition) is 2. The number of unbranched alkanes of at least 4 members (excludes halogenated alkanes) is 1. The predicted octanol–water partition coefficient (Wildman–Crippen LogP) is 2.02. The van der Waals surface area contributed by atoms with Crippen molar-refractivity contribution in [2.24, 2.45) is 5.92 Å². The Morgan fingerprint density at radius 2 is 2.07 bits per heavy atom. The van der Waals surface area contributed by atoms with E-state index in [4.69, 9.17) is 10.5 Å². The summed E-state index contributed by atoms with van der Waals surface area (Å²) in [6.07, 6.45) is 2.98. The number of nitrogen functional groups attached to an aromatic ring is 1. The number of nitrogens with zero attached hydrogens (tertiary/aromatic N) is 3. The fraction of sp³-hybridized carbons (Fsp3) is 0.500. The molecule has 0 aliphatic heterocycles. The van der Waals surface area contributed by atoms with Crippen molar-refractivity contribution in [1.82, 2.24) is 14.5 Å². The highest BCUT2D eigenvalue weighted by atomic mass is 16.5. The SMILES string of the molecule is CCCCN(C(=O)c1cccnc1OCC)c1c(N)n(CC(C)C)c(=O)[nH]c1=O. The highest BCUT2D eigenvalue weighted by molar-refractivity contribution is 6.08. The van der Waals surface area contributed by atoms with Gasteiger partial charge in [-0.3, -0.25) is 19.1 Å². The van der Waals surface area contributed by atoms with Crippen molar-refractivity contribution >= 4 is 17.4 Å². The number of pyridine rings is 1. The molecule has 0 radical (unpaired) electrons. The summed E-state index contributed by atoms with van der Waals surface area (Å²) in [6.45, 7) is 8.56. The van der Waals surface area contributed by atoms with Crippen LogP contribution < -0.4 is 26.6 Å². The summed E-state index contributed by atoms with van der Waals surface area (Å²) in [5.41, 5.74) is 5.13. The number of H-pyrrole nitrogens is 1. The maximum Gasteiger partial charge on any atom is 0.330 e. The molecule has 3 N–H and O–H groups in total. The average molecular weight is 403 g/mol. The minimum absolute atomic E-state index is 0.0289. The van der Waals surface area contributed by atoms with Crippen molar-refractivity contribution in [3.8, 4) is 5.88 Å². The quantitative estimate of drug-likeness (QED) is 0.660. The van der Waals surface area contributed by atoms with E-state index in [1.54, 1.807) is 19.1 Å². The molecule has 0 saturated carbocycles. The van der Waals surface area contributed by atoms with Crippen LogP contribution in [0.5, 0.6) is 5.88 Å². The summed E-state index contributed by atoms with van der Waals surface area (Å²) in [7, 11) is 0. The van der Waals surface area contributed by atoms with Crippen LogP contribution >= 0.6 is 0 Å². The lowest BCUT2D eigenvalue weighted by Gasteiger charge is -2.25. The Balaban J connectivity index is 2.63. The summed E-state index contributed by atoms with van der Waals surface area (Å²) in [6, 6.07) is 3.22.